The first-order valence-electron chi connectivity index (χ1n) is 18.2. The van der Waals surface area contributed by atoms with Gasteiger partial charge in [-0.3, -0.25) is 4.79 Å². The smallest absolute Gasteiger partial charge is 0.305 e. The topological polar surface area (TPSA) is 44.8 Å². The first-order chi connectivity index (χ1) is 20.6. The second-order valence-electron chi connectivity index (χ2n) is 18.0. The van der Waals surface area contributed by atoms with Gasteiger partial charge in [-0.05, 0) is 129 Å². The zero-order valence-corrected chi connectivity index (χ0v) is 33.7. The SMILES string of the molecule is C=C1/C(=C\C=C2/CCC[C@]3(C)[C@@H]([C@H](C)CCCC(=O)OCC)CC[C@@H]23)C[C@@H](O[Si](C)(C)C(C)(C)C)C[C@@H]1O[Si](C)(C)C(C)(C)C. The number of hydrogen-bond acceptors (Lipinski definition) is 4. The third-order valence-electron chi connectivity index (χ3n) is 12.8. The van der Waals surface area contributed by atoms with Crippen molar-refractivity contribution >= 4 is 22.6 Å². The van der Waals surface area contributed by atoms with Crippen LogP contribution < -0.4 is 0 Å². The molecule has 4 nitrogen and oxygen atoms in total. The molecule has 0 amide bonds. The molecule has 3 fully saturated rings. The van der Waals surface area contributed by atoms with E-state index in [0.717, 1.165) is 31.6 Å². The van der Waals surface area contributed by atoms with Crippen molar-refractivity contribution in [3.05, 3.63) is 35.5 Å². The van der Waals surface area contributed by atoms with Gasteiger partial charge in [-0.15, -0.1) is 0 Å². The van der Waals surface area contributed by atoms with Gasteiger partial charge in [0.25, 0.3) is 0 Å². The lowest BCUT2D eigenvalue weighted by atomic mass is 9.60. The van der Waals surface area contributed by atoms with Crippen LogP contribution in [-0.2, 0) is 18.4 Å². The van der Waals surface area contributed by atoms with E-state index in [1.165, 1.54) is 43.3 Å². The predicted molar refractivity (Wildman–Crippen MR) is 196 cm³/mol. The van der Waals surface area contributed by atoms with Gasteiger partial charge >= 0.3 is 5.97 Å². The molecule has 0 aromatic rings. The molecule has 0 spiro atoms. The maximum absolute atomic E-state index is 11.9. The monoisotopic (exact) mass is 658 g/mol. The van der Waals surface area contributed by atoms with Gasteiger partial charge in [0.2, 0.25) is 0 Å². The van der Waals surface area contributed by atoms with Gasteiger partial charge in [0, 0.05) is 12.8 Å². The summed E-state index contributed by atoms with van der Waals surface area (Å²) < 4.78 is 19.3. The van der Waals surface area contributed by atoms with Gasteiger partial charge in [-0.2, -0.15) is 0 Å². The molecule has 6 heteroatoms. The first-order valence-corrected chi connectivity index (χ1v) is 24.0. The van der Waals surface area contributed by atoms with Crippen LogP contribution in [0.5, 0.6) is 0 Å². The Hall–Kier alpha value is -0.956. The van der Waals surface area contributed by atoms with E-state index in [9.17, 15) is 4.79 Å². The molecule has 258 valence electrons. The molecule has 0 heterocycles. The molecule has 0 bridgehead atoms. The van der Waals surface area contributed by atoms with E-state index in [4.69, 9.17) is 13.6 Å². The van der Waals surface area contributed by atoms with Gasteiger partial charge in [-0.25, -0.2) is 0 Å². The average molecular weight is 659 g/mol. The van der Waals surface area contributed by atoms with E-state index in [1.807, 2.05) is 6.92 Å². The Morgan fingerprint density at radius 2 is 1.64 bits per heavy atom. The Balaban J connectivity index is 1.84. The number of esters is 1. The second kappa shape index (κ2) is 14.7. The third-order valence-corrected chi connectivity index (χ3v) is 21.8. The van der Waals surface area contributed by atoms with Gasteiger partial charge in [0.15, 0.2) is 16.6 Å². The van der Waals surface area contributed by atoms with Crippen LogP contribution in [0, 0.1) is 23.2 Å². The minimum Gasteiger partial charge on any atom is -0.466 e. The summed E-state index contributed by atoms with van der Waals surface area (Å²) in [6.07, 6.45) is 15.9. The molecule has 0 unspecified atom stereocenters. The van der Waals surface area contributed by atoms with E-state index in [0.29, 0.717) is 30.3 Å². The van der Waals surface area contributed by atoms with E-state index in [2.05, 4.69) is 100 Å². The van der Waals surface area contributed by atoms with E-state index in [-0.39, 0.29) is 28.3 Å². The summed E-state index contributed by atoms with van der Waals surface area (Å²) in [5, 5.41) is 0.318. The fourth-order valence-corrected chi connectivity index (χ4v) is 10.7. The van der Waals surface area contributed by atoms with Crippen LogP contribution in [0.4, 0.5) is 0 Å². The fourth-order valence-electron chi connectivity index (χ4n) is 7.98. The fraction of sp³-hybridized carbons (Fsp3) is 0.821. The Labute approximate surface area is 280 Å². The van der Waals surface area contributed by atoms with Crippen molar-refractivity contribution in [1.29, 1.82) is 0 Å². The molecular formula is C39H70O4Si2. The molecule has 3 rings (SSSR count). The summed E-state index contributed by atoms with van der Waals surface area (Å²) in [6, 6.07) is 0. The lowest BCUT2D eigenvalue weighted by molar-refractivity contribution is -0.143. The van der Waals surface area contributed by atoms with Crippen LogP contribution in [0.1, 0.15) is 127 Å². The van der Waals surface area contributed by atoms with E-state index < -0.39 is 16.6 Å². The zero-order chi connectivity index (χ0) is 34.0. The molecule has 0 radical (unpaired) electrons. The number of ether oxygens (including phenoxy) is 1. The second-order valence-corrected chi connectivity index (χ2v) is 27.5. The van der Waals surface area contributed by atoms with Crippen molar-refractivity contribution in [3.8, 4) is 0 Å². The normalized spacial score (nSPS) is 30.9. The van der Waals surface area contributed by atoms with Crippen molar-refractivity contribution in [2.45, 2.75) is 175 Å². The number of carbonyl (C=O) groups is 1. The maximum Gasteiger partial charge on any atom is 0.305 e. The highest BCUT2D eigenvalue weighted by atomic mass is 28.4. The molecule has 0 saturated heterocycles. The molecule has 0 aromatic heterocycles. The Morgan fingerprint density at radius 1 is 1.02 bits per heavy atom. The molecule has 6 atom stereocenters. The molecular weight excluding hydrogens is 589 g/mol. The molecule has 0 aliphatic heterocycles. The minimum atomic E-state index is -1.98. The number of allylic oxidation sites excluding steroid dienone is 3. The van der Waals surface area contributed by atoms with Crippen molar-refractivity contribution in [1.82, 2.24) is 0 Å². The number of hydrogen-bond donors (Lipinski definition) is 0. The Bertz CT molecular complexity index is 1110. The Morgan fingerprint density at radius 3 is 2.24 bits per heavy atom. The van der Waals surface area contributed by atoms with Gasteiger partial charge < -0.3 is 13.6 Å². The minimum absolute atomic E-state index is 0.0157. The van der Waals surface area contributed by atoms with E-state index >= 15 is 0 Å². The number of carbonyl (C=O) groups excluding carboxylic acids is 1. The molecule has 0 N–H and O–H groups in total. The number of fused-ring (bicyclic) bond motifs is 1. The van der Waals surface area contributed by atoms with E-state index in [1.54, 1.807) is 5.57 Å². The van der Waals surface area contributed by atoms with Crippen LogP contribution in [-0.4, -0.2) is 41.4 Å². The van der Waals surface area contributed by atoms with Gasteiger partial charge in [-0.1, -0.05) is 79.7 Å². The maximum atomic E-state index is 11.9. The van der Waals surface area contributed by atoms with Gasteiger partial charge in [0.05, 0.1) is 18.8 Å². The summed E-state index contributed by atoms with van der Waals surface area (Å²) in [5.41, 5.74) is 4.48. The summed E-state index contributed by atoms with van der Waals surface area (Å²) in [4.78, 5) is 11.9. The van der Waals surface area contributed by atoms with Crippen molar-refractivity contribution in [3.63, 3.8) is 0 Å². The molecule has 45 heavy (non-hydrogen) atoms. The largest absolute Gasteiger partial charge is 0.466 e. The highest BCUT2D eigenvalue weighted by Gasteiger charge is 2.50. The lowest BCUT2D eigenvalue weighted by Gasteiger charge is -2.46. The first kappa shape index (κ1) is 38.5. The van der Waals surface area contributed by atoms with Crippen molar-refractivity contribution < 1.29 is 18.4 Å². The molecule has 3 aliphatic rings. The lowest BCUT2D eigenvalue weighted by Crippen LogP contribution is -2.49. The standard InChI is InChI=1S/C39H70O4Si2/c1-15-41-36(40)20-16-18-28(2)33-23-24-34-30(19-17-25-39(33,34)10)21-22-31-26-32(42-44(11,12)37(4,5)6)27-35(29(31)3)43-45(13,14)38(7,8)9/h21-22,28,32-35H,3,15-20,23-27H2,1-2,4-14H3/b30-21+,31-22-/t28-,32-,33-,34+,35+,39-/m1/s1. The highest BCUT2D eigenvalue weighted by Crippen LogP contribution is 2.60. The van der Waals surface area contributed by atoms with Gasteiger partial charge in [0.1, 0.15) is 0 Å². The summed E-state index contributed by atoms with van der Waals surface area (Å²) in [7, 11) is -3.92. The number of rotatable bonds is 11. The summed E-state index contributed by atoms with van der Waals surface area (Å²) >= 11 is 0. The average Bonchev–Trinajstić information content (AvgIpc) is 3.25. The highest BCUT2D eigenvalue weighted by molar-refractivity contribution is 6.74. The van der Waals surface area contributed by atoms with Crippen molar-refractivity contribution in [2.75, 3.05) is 6.61 Å². The van der Waals surface area contributed by atoms with Crippen LogP contribution in [0.2, 0.25) is 36.3 Å². The van der Waals surface area contributed by atoms with Crippen LogP contribution in [0.3, 0.4) is 0 Å². The zero-order valence-electron chi connectivity index (χ0n) is 31.7. The van der Waals surface area contributed by atoms with Crippen LogP contribution >= 0.6 is 0 Å². The van der Waals surface area contributed by atoms with Crippen LogP contribution in [0.25, 0.3) is 0 Å². The molecule has 0 aromatic carbocycles. The molecule has 3 aliphatic carbocycles. The molecule has 3 saturated carbocycles. The van der Waals surface area contributed by atoms with Crippen molar-refractivity contribution in [2.24, 2.45) is 23.2 Å². The Kier molecular flexibility index (Phi) is 12.5. The summed E-state index contributed by atoms with van der Waals surface area (Å²) in [5.74, 6) is 1.95. The quantitative estimate of drug-likeness (QED) is 0.164. The third kappa shape index (κ3) is 9.15. The summed E-state index contributed by atoms with van der Waals surface area (Å²) in [6.45, 7) is 35.5. The predicted octanol–water partition coefficient (Wildman–Crippen LogP) is 11.6. The van der Waals surface area contributed by atoms with Crippen LogP contribution in [0.15, 0.2) is 35.5 Å².